The Morgan fingerprint density at radius 2 is 2.05 bits per heavy atom. The van der Waals surface area contributed by atoms with Crippen LogP contribution in [0.15, 0.2) is 18.2 Å². The van der Waals surface area contributed by atoms with Crippen LogP contribution in [0.3, 0.4) is 0 Å². The molecule has 1 fully saturated rings. The molecule has 0 bridgehead atoms. The normalized spacial score (nSPS) is 23.1. The number of benzene rings is 1. The van der Waals surface area contributed by atoms with E-state index in [-0.39, 0.29) is 12.0 Å². The van der Waals surface area contributed by atoms with Gasteiger partial charge in [0.05, 0.1) is 12.1 Å². The van der Waals surface area contributed by atoms with Crippen molar-refractivity contribution in [2.45, 2.75) is 19.4 Å². The summed E-state index contributed by atoms with van der Waals surface area (Å²) in [5.41, 5.74) is 2.03. The van der Waals surface area contributed by atoms with Crippen molar-refractivity contribution in [2.75, 3.05) is 43.0 Å². The molecule has 2 heterocycles. The first-order valence-corrected chi connectivity index (χ1v) is 7.18. The number of carbonyl (C=O) groups is 1. The van der Waals surface area contributed by atoms with E-state index in [0.29, 0.717) is 6.42 Å². The standard InChI is InChI=1S/C15H21N3O2/c1-11-9-15(19)17(2)13-4-3-12(10-14(13)20-11)18-7-5-16-6-8-18/h3-4,10-11,16H,5-9H2,1-2H3. The molecule has 1 aromatic rings. The van der Waals surface area contributed by atoms with Crippen LogP contribution in [0.4, 0.5) is 11.4 Å². The third-order valence-electron chi connectivity index (χ3n) is 3.95. The van der Waals surface area contributed by atoms with Crippen molar-refractivity contribution in [3.63, 3.8) is 0 Å². The van der Waals surface area contributed by atoms with Crippen molar-refractivity contribution in [1.29, 1.82) is 0 Å². The van der Waals surface area contributed by atoms with E-state index < -0.39 is 0 Å². The monoisotopic (exact) mass is 275 g/mol. The van der Waals surface area contributed by atoms with Gasteiger partial charge in [-0.25, -0.2) is 0 Å². The molecule has 2 aliphatic rings. The summed E-state index contributed by atoms with van der Waals surface area (Å²) in [7, 11) is 1.81. The van der Waals surface area contributed by atoms with Gasteiger partial charge in [0.2, 0.25) is 5.91 Å². The highest BCUT2D eigenvalue weighted by Gasteiger charge is 2.25. The van der Waals surface area contributed by atoms with E-state index in [1.807, 2.05) is 20.0 Å². The predicted octanol–water partition coefficient (Wildman–Crippen LogP) is 1.23. The van der Waals surface area contributed by atoms with Crippen LogP contribution in [0.2, 0.25) is 0 Å². The Labute approximate surface area is 119 Å². The van der Waals surface area contributed by atoms with Crippen molar-refractivity contribution >= 4 is 17.3 Å². The van der Waals surface area contributed by atoms with E-state index in [2.05, 4.69) is 22.3 Å². The van der Waals surface area contributed by atoms with E-state index in [1.165, 1.54) is 5.69 Å². The lowest BCUT2D eigenvalue weighted by molar-refractivity contribution is -0.119. The van der Waals surface area contributed by atoms with Gasteiger partial charge < -0.3 is 19.9 Å². The molecule has 20 heavy (non-hydrogen) atoms. The third kappa shape index (κ3) is 2.45. The molecule has 5 heteroatoms. The summed E-state index contributed by atoms with van der Waals surface area (Å²) in [5, 5.41) is 3.35. The predicted molar refractivity (Wildman–Crippen MR) is 79.6 cm³/mol. The van der Waals surface area contributed by atoms with Crippen LogP contribution < -0.4 is 19.9 Å². The van der Waals surface area contributed by atoms with Gasteiger partial charge in [-0.3, -0.25) is 4.79 Å². The molecule has 2 aliphatic heterocycles. The molecule has 0 radical (unpaired) electrons. The largest absolute Gasteiger partial charge is 0.488 e. The number of piperazine rings is 1. The molecule has 5 nitrogen and oxygen atoms in total. The highest BCUT2D eigenvalue weighted by molar-refractivity contribution is 5.95. The van der Waals surface area contributed by atoms with E-state index >= 15 is 0 Å². The fourth-order valence-corrected chi connectivity index (χ4v) is 2.77. The van der Waals surface area contributed by atoms with Gasteiger partial charge in [0.15, 0.2) is 0 Å². The minimum atomic E-state index is -0.0792. The molecule has 1 amide bonds. The first-order chi connectivity index (χ1) is 9.65. The van der Waals surface area contributed by atoms with Gasteiger partial charge in [-0.05, 0) is 19.1 Å². The molecule has 1 N–H and O–H groups in total. The zero-order valence-electron chi connectivity index (χ0n) is 12.1. The molecular formula is C15H21N3O2. The van der Waals surface area contributed by atoms with E-state index in [4.69, 9.17) is 4.74 Å². The Kier molecular flexibility index (Phi) is 3.53. The second-order valence-electron chi connectivity index (χ2n) is 5.47. The lowest BCUT2D eigenvalue weighted by Crippen LogP contribution is -2.43. The molecule has 0 aliphatic carbocycles. The summed E-state index contributed by atoms with van der Waals surface area (Å²) >= 11 is 0. The van der Waals surface area contributed by atoms with E-state index in [0.717, 1.165) is 37.6 Å². The summed E-state index contributed by atoms with van der Waals surface area (Å²) in [6.45, 7) is 5.96. The number of carbonyl (C=O) groups excluding carboxylic acids is 1. The summed E-state index contributed by atoms with van der Waals surface area (Å²) in [4.78, 5) is 16.0. The molecule has 1 aromatic carbocycles. The fourth-order valence-electron chi connectivity index (χ4n) is 2.77. The minimum absolute atomic E-state index is 0.0792. The van der Waals surface area contributed by atoms with Crippen molar-refractivity contribution in [3.05, 3.63) is 18.2 Å². The van der Waals surface area contributed by atoms with Gasteiger partial charge in [-0.1, -0.05) is 0 Å². The minimum Gasteiger partial charge on any atom is -0.488 e. The first kappa shape index (κ1) is 13.2. The van der Waals surface area contributed by atoms with Crippen molar-refractivity contribution < 1.29 is 9.53 Å². The maximum Gasteiger partial charge on any atom is 0.230 e. The molecule has 108 valence electrons. The van der Waals surface area contributed by atoms with Gasteiger partial charge in [-0.15, -0.1) is 0 Å². The van der Waals surface area contributed by atoms with Crippen LogP contribution in [0.25, 0.3) is 0 Å². The van der Waals surface area contributed by atoms with Crippen LogP contribution in [0.5, 0.6) is 5.75 Å². The summed E-state index contributed by atoms with van der Waals surface area (Å²) in [6, 6.07) is 6.13. The summed E-state index contributed by atoms with van der Waals surface area (Å²) in [5.74, 6) is 0.910. The average molecular weight is 275 g/mol. The van der Waals surface area contributed by atoms with Crippen molar-refractivity contribution in [2.24, 2.45) is 0 Å². The summed E-state index contributed by atoms with van der Waals surface area (Å²) in [6.07, 6.45) is 0.346. The molecule has 3 rings (SSSR count). The molecule has 0 spiro atoms. The number of hydrogen-bond acceptors (Lipinski definition) is 4. The Morgan fingerprint density at radius 1 is 1.30 bits per heavy atom. The van der Waals surface area contributed by atoms with E-state index in [1.54, 1.807) is 4.90 Å². The second kappa shape index (κ2) is 5.32. The number of amides is 1. The molecule has 1 unspecified atom stereocenters. The van der Waals surface area contributed by atoms with Gasteiger partial charge >= 0.3 is 0 Å². The highest BCUT2D eigenvalue weighted by Crippen LogP contribution is 2.35. The highest BCUT2D eigenvalue weighted by atomic mass is 16.5. The Hall–Kier alpha value is -1.75. The zero-order valence-corrected chi connectivity index (χ0v) is 12.1. The molecule has 0 saturated carbocycles. The lowest BCUT2D eigenvalue weighted by Gasteiger charge is -2.30. The number of fused-ring (bicyclic) bond motifs is 1. The van der Waals surface area contributed by atoms with Crippen LogP contribution >= 0.6 is 0 Å². The number of nitrogens with one attached hydrogen (secondary N) is 1. The summed E-state index contributed by atoms with van der Waals surface area (Å²) < 4.78 is 5.92. The van der Waals surface area contributed by atoms with Gasteiger partial charge in [0, 0.05) is 45.0 Å². The Morgan fingerprint density at radius 3 is 2.80 bits per heavy atom. The topological polar surface area (TPSA) is 44.8 Å². The molecule has 1 saturated heterocycles. The number of hydrogen-bond donors (Lipinski definition) is 1. The zero-order chi connectivity index (χ0) is 14.1. The second-order valence-corrected chi connectivity index (χ2v) is 5.47. The van der Waals surface area contributed by atoms with Crippen molar-refractivity contribution in [1.82, 2.24) is 5.32 Å². The van der Waals surface area contributed by atoms with Crippen molar-refractivity contribution in [3.8, 4) is 5.75 Å². The Bertz CT molecular complexity index is 512. The lowest BCUT2D eigenvalue weighted by atomic mass is 10.2. The molecule has 0 aromatic heterocycles. The molecule has 1 atom stereocenters. The third-order valence-corrected chi connectivity index (χ3v) is 3.95. The maximum atomic E-state index is 12.0. The van der Waals surface area contributed by atoms with E-state index in [9.17, 15) is 4.79 Å². The van der Waals surface area contributed by atoms with Gasteiger partial charge in [0.25, 0.3) is 0 Å². The number of nitrogens with zero attached hydrogens (tertiary/aromatic N) is 2. The molecular weight excluding hydrogens is 254 g/mol. The number of ether oxygens (including phenoxy) is 1. The van der Waals surface area contributed by atoms with Crippen LogP contribution in [-0.2, 0) is 4.79 Å². The quantitative estimate of drug-likeness (QED) is 0.837. The first-order valence-electron chi connectivity index (χ1n) is 7.18. The number of anilines is 2. The maximum absolute atomic E-state index is 12.0. The van der Waals surface area contributed by atoms with Crippen LogP contribution in [0.1, 0.15) is 13.3 Å². The van der Waals surface area contributed by atoms with Gasteiger partial charge in [-0.2, -0.15) is 0 Å². The fraction of sp³-hybridized carbons (Fsp3) is 0.533. The SMILES string of the molecule is CC1CC(=O)N(C)c2ccc(N3CCNCC3)cc2O1. The van der Waals surface area contributed by atoms with Crippen LogP contribution in [0, 0.1) is 0 Å². The number of rotatable bonds is 1. The van der Waals surface area contributed by atoms with Crippen LogP contribution in [-0.4, -0.2) is 45.2 Å². The average Bonchev–Trinajstić information content (AvgIpc) is 2.56. The smallest absolute Gasteiger partial charge is 0.230 e. The Balaban J connectivity index is 1.92. The van der Waals surface area contributed by atoms with Gasteiger partial charge in [0.1, 0.15) is 11.9 Å².